The zero-order chi connectivity index (χ0) is 21.5. The van der Waals surface area contributed by atoms with Gasteiger partial charge >= 0.3 is 6.18 Å². The maximum atomic E-state index is 13.0. The number of alkyl halides is 3. The van der Waals surface area contributed by atoms with Gasteiger partial charge < -0.3 is 5.11 Å². The highest BCUT2D eigenvalue weighted by Crippen LogP contribution is 2.38. The zero-order valence-corrected chi connectivity index (χ0v) is 16.2. The molecule has 0 saturated heterocycles. The maximum Gasteiger partial charge on any atom is 0.416 e. The Labute approximate surface area is 170 Å². The number of phenolic OH excluding ortho intramolecular Hbond substituents is 1. The molecular formula is C21H19F3N5O+. The van der Waals surface area contributed by atoms with Gasteiger partial charge in [-0.05, 0) is 50.3 Å². The highest BCUT2D eigenvalue weighted by Gasteiger charge is 2.32. The summed E-state index contributed by atoms with van der Waals surface area (Å²) in [6, 6.07) is 3.98. The monoisotopic (exact) mass is 414 g/mol. The fourth-order valence-corrected chi connectivity index (χ4v) is 3.89. The van der Waals surface area contributed by atoms with Crippen molar-refractivity contribution < 1.29 is 23.0 Å². The molecule has 154 valence electrons. The Kier molecular flexibility index (Phi) is 5.02. The Hall–Kier alpha value is -3.28. The highest BCUT2D eigenvalue weighted by atomic mass is 19.4. The van der Waals surface area contributed by atoms with Crippen LogP contribution in [0.4, 0.5) is 13.2 Å². The molecule has 2 aromatic rings. The molecule has 0 radical (unpaired) electrons. The van der Waals surface area contributed by atoms with E-state index < -0.39 is 17.5 Å². The minimum absolute atomic E-state index is 0.122. The van der Waals surface area contributed by atoms with Crippen molar-refractivity contribution in [1.82, 2.24) is 9.97 Å². The average molecular weight is 414 g/mol. The van der Waals surface area contributed by atoms with Gasteiger partial charge in [0.25, 0.3) is 5.49 Å². The van der Waals surface area contributed by atoms with Crippen LogP contribution < -0.4 is 10.8 Å². The first-order valence-corrected chi connectivity index (χ1v) is 9.62. The van der Waals surface area contributed by atoms with Crippen molar-refractivity contribution in [1.29, 1.82) is 5.26 Å². The number of rotatable bonds is 2. The Balaban J connectivity index is 1.64. The number of benzene rings is 1. The minimum Gasteiger partial charge on any atom is -0.507 e. The molecule has 1 aliphatic carbocycles. The number of phenols is 1. The number of halogens is 3. The summed E-state index contributed by atoms with van der Waals surface area (Å²) in [6.07, 6.45) is 4.16. The van der Waals surface area contributed by atoms with E-state index in [0.29, 0.717) is 22.8 Å². The van der Waals surface area contributed by atoms with Crippen molar-refractivity contribution in [2.75, 3.05) is 0 Å². The molecule has 1 aromatic carbocycles. The molecule has 1 fully saturated rings. The summed E-state index contributed by atoms with van der Waals surface area (Å²) >= 11 is 0. The third-order valence-corrected chi connectivity index (χ3v) is 5.46. The number of nitriles is 1. The molecule has 0 spiro atoms. The van der Waals surface area contributed by atoms with Crippen LogP contribution in [0, 0.1) is 30.1 Å². The standard InChI is InChI=1S/C21H18F3N5O/c1-12-6-15(21(22,23)24)7-18(30)19(12)16-9-26-17-11-29(28-20(17)27-16)10-14-4-2-13(8-25)3-5-14/h6-7,9-11,13-14H,2-5H2,1H3/p+1/b29-10-. The van der Waals surface area contributed by atoms with Crippen molar-refractivity contribution in [3.63, 3.8) is 0 Å². The fourth-order valence-electron chi connectivity index (χ4n) is 3.89. The molecule has 1 N–H and O–H groups in total. The third kappa shape index (κ3) is 3.90. The van der Waals surface area contributed by atoms with Crippen molar-refractivity contribution in [3.8, 4) is 23.1 Å². The lowest BCUT2D eigenvalue weighted by Gasteiger charge is -2.19. The van der Waals surface area contributed by atoms with E-state index in [1.807, 2.05) is 6.21 Å². The molecule has 2 aliphatic rings. The van der Waals surface area contributed by atoms with Gasteiger partial charge in [0.2, 0.25) is 6.20 Å². The Bertz CT molecular complexity index is 1170. The highest BCUT2D eigenvalue weighted by molar-refractivity contribution is 5.70. The quantitative estimate of drug-likeness (QED) is 0.766. The van der Waals surface area contributed by atoms with Gasteiger partial charge in [-0.3, -0.25) is 0 Å². The molecular weight excluding hydrogens is 395 g/mol. The maximum absolute atomic E-state index is 13.0. The fraction of sp³-hybridized carbons (Fsp3) is 0.381. The molecule has 2 heterocycles. The molecule has 0 bridgehead atoms. The van der Waals surface area contributed by atoms with Crippen LogP contribution in [-0.4, -0.2) is 26.0 Å². The molecule has 1 saturated carbocycles. The van der Waals surface area contributed by atoms with Gasteiger partial charge in [0.1, 0.15) is 5.75 Å². The van der Waals surface area contributed by atoms with Crippen LogP contribution in [0.25, 0.3) is 17.5 Å². The van der Waals surface area contributed by atoms with E-state index in [2.05, 4.69) is 21.1 Å². The second-order valence-corrected chi connectivity index (χ2v) is 7.65. The molecule has 6 nitrogen and oxygen atoms in total. The largest absolute Gasteiger partial charge is 0.507 e. The van der Waals surface area contributed by atoms with E-state index in [4.69, 9.17) is 5.26 Å². The van der Waals surface area contributed by atoms with Gasteiger partial charge in [-0.2, -0.15) is 18.4 Å². The molecule has 1 aromatic heterocycles. The summed E-state index contributed by atoms with van der Waals surface area (Å²) in [5.41, 5.74) is 0.126. The number of aromatic hydroxyl groups is 1. The van der Waals surface area contributed by atoms with Crippen LogP contribution in [0.15, 0.2) is 23.4 Å². The topological polar surface area (TPSA) is 85.2 Å². The van der Waals surface area contributed by atoms with Gasteiger partial charge in [-0.15, -0.1) is 0 Å². The number of nitrogens with zero attached hydrogens (tertiary/aromatic N) is 5. The second-order valence-electron chi connectivity index (χ2n) is 7.65. The van der Waals surface area contributed by atoms with Crippen molar-refractivity contribution in [3.05, 3.63) is 40.3 Å². The van der Waals surface area contributed by atoms with Crippen molar-refractivity contribution in [2.45, 2.75) is 38.8 Å². The van der Waals surface area contributed by atoms with Crippen molar-refractivity contribution in [2.24, 2.45) is 16.9 Å². The molecule has 0 unspecified atom stereocenters. The summed E-state index contributed by atoms with van der Waals surface area (Å²) in [5, 5.41) is 24.2. The molecule has 9 heteroatoms. The summed E-state index contributed by atoms with van der Waals surface area (Å²) in [6.45, 7) is 1.49. The van der Waals surface area contributed by atoms with E-state index in [-0.39, 0.29) is 22.7 Å². The first-order valence-electron chi connectivity index (χ1n) is 9.62. The van der Waals surface area contributed by atoms with Crippen LogP contribution in [0.2, 0.25) is 0 Å². The van der Waals surface area contributed by atoms with E-state index in [1.165, 1.54) is 13.1 Å². The third-order valence-electron chi connectivity index (χ3n) is 5.46. The predicted octanol–water partition coefficient (Wildman–Crippen LogP) is 2.88. The normalized spacial score (nSPS) is 22.2. The van der Waals surface area contributed by atoms with Crippen LogP contribution in [0.1, 0.15) is 36.8 Å². The van der Waals surface area contributed by atoms with Gasteiger partial charge in [0.15, 0.2) is 11.6 Å². The lowest BCUT2D eigenvalue weighted by molar-refractivity contribution is -0.424. The molecule has 4 rings (SSSR count). The Morgan fingerprint density at radius 2 is 1.97 bits per heavy atom. The number of aryl methyl sites for hydroxylation is 1. The number of hydrogen-bond acceptors (Lipinski definition) is 5. The summed E-state index contributed by atoms with van der Waals surface area (Å²) < 4.78 is 40.5. The lowest BCUT2D eigenvalue weighted by Crippen LogP contribution is -2.28. The number of aromatic nitrogens is 2. The first-order chi connectivity index (χ1) is 14.2. The van der Waals surface area contributed by atoms with Gasteiger partial charge in [-0.25, -0.2) is 9.97 Å². The van der Waals surface area contributed by atoms with Crippen LogP contribution >= 0.6 is 0 Å². The van der Waals surface area contributed by atoms with E-state index in [1.54, 1.807) is 10.9 Å². The van der Waals surface area contributed by atoms with Gasteiger partial charge in [0.05, 0.1) is 23.5 Å². The zero-order valence-electron chi connectivity index (χ0n) is 16.2. The summed E-state index contributed by atoms with van der Waals surface area (Å²) in [5.74, 6) is -0.0716. The minimum atomic E-state index is -4.54. The predicted molar refractivity (Wildman–Crippen MR) is 102 cm³/mol. The average Bonchev–Trinajstić information content (AvgIpc) is 3.09. The van der Waals surface area contributed by atoms with Gasteiger partial charge in [-0.1, -0.05) is 4.68 Å². The Morgan fingerprint density at radius 1 is 1.23 bits per heavy atom. The number of hydrogen-bond donors (Lipinski definition) is 1. The smallest absolute Gasteiger partial charge is 0.416 e. The lowest BCUT2D eigenvalue weighted by atomic mass is 9.83. The SMILES string of the molecule is Cc1cc(C(F)(F)F)cc(O)c1-c1cnc2c(n1)=N/[N+](=C\C1CCC(C#N)CC1)C=2. The van der Waals surface area contributed by atoms with E-state index in [0.717, 1.165) is 31.7 Å². The van der Waals surface area contributed by atoms with Crippen LogP contribution in [0.5, 0.6) is 5.75 Å². The van der Waals surface area contributed by atoms with Crippen LogP contribution in [0.3, 0.4) is 0 Å². The summed E-state index contributed by atoms with van der Waals surface area (Å²) in [4.78, 5) is 8.71. The second kappa shape index (κ2) is 7.52. The first kappa shape index (κ1) is 20.0. The molecule has 0 atom stereocenters. The van der Waals surface area contributed by atoms with E-state index >= 15 is 0 Å². The summed E-state index contributed by atoms with van der Waals surface area (Å²) in [7, 11) is 0. The van der Waals surface area contributed by atoms with E-state index in [9.17, 15) is 18.3 Å². The van der Waals surface area contributed by atoms with Gasteiger partial charge in [0, 0.05) is 22.5 Å². The van der Waals surface area contributed by atoms with Crippen LogP contribution in [-0.2, 0) is 6.18 Å². The van der Waals surface area contributed by atoms with Crippen molar-refractivity contribution >= 4 is 12.4 Å². The molecule has 30 heavy (non-hydrogen) atoms. The molecule has 1 aliphatic heterocycles. The molecule has 0 amide bonds. The number of fused-ring (bicyclic) bond motifs is 1. The Morgan fingerprint density at radius 3 is 2.60 bits per heavy atom.